The number of aryl methyl sites for hydroxylation is 2. The lowest BCUT2D eigenvalue weighted by Crippen LogP contribution is -2.30. The molecule has 2 heteroatoms. The van der Waals surface area contributed by atoms with Crippen molar-refractivity contribution >= 4 is 0 Å². The maximum Gasteiger partial charge on any atom is 0.243 e. The van der Waals surface area contributed by atoms with E-state index in [2.05, 4.69) is 41.7 Å². The number of nitrogens with zero attached hydrogens (tertiary/aromatic N) is 2. The van der Waals surface area contributed by atoms with E-state index in [0.717, 1.165) is 0 Å². The third-order valence-corrected chi connectivity index (χ3v) is 9.29. The van der Waals surface area contributed by atoms with E-state index in [0.29, 0.717) is 0 Å². The third-order valence-electron chi connectivity index (χ3n) is 9.29. The van der Waals surface area contributed by atoms with Crippen LogP contribution in [0.4, 0.5) is 0 Å². The second-order valence-electron chi connectivity index (χ2n) is 13.5. The molecule has 0 aliphatic rings. The predicted octanol–water partition coefficient (Wildman–Crippen LogP) is 13.3. The summed E-state index contributed by atoms with van der Waals surface area (Å²) in [5.74, 6) is 0. The summed E-state index contributed by atoms with van der Waals surface area (Å²) in [4.78, 5) is 0. The van der Waals surface area contributed by atoms with Gasteiger partial charge in [0.15, 0.2) is 0 Å². The molecule has 0 bridgehead atoms. The van der Waals surface area contributed by atoms with Gasteiger partial charge in [0.1, 0.15) is 12.4 Å². The summed E-state index contributed by atoms with van der Waals surface area (Å²) >= 11 is 0. The Hall–Kier alpha value is -0.790. The first-order valence-corrected chi connectivity index (χ1v) is 19.4. The van der Waals surface area contributed by atoms with Crippen LogP contribution in [-0.4, -0.2) is 4.57 Å². The summed E-state index contributed by atoms with van der Waals surface area (Å²) < 4.78 is 4.83. The fourth-order valence-electron chi connectivity index (χ4n) is 6.39. The maximum absolute atomic E-state index is 2.41. The molecule has 0 amide bonds. The molecular weight excluding hydrogens is 496 g/mol. The van der Waals surface area contributed by atoms with Crippen molar-refractivity contribution in [2.24, 2.45) is 0 Å². The number of unbranched alkanes of at least 4 members (excludes halogenated alkanes) is 30. The minimum absolute atomic E-state index is 1.20. The number of rotatable bonds is 34. The standard InChI is InChI=1S/C39H77N2/c1-3-5-7-9-11-13-15-17-19-21-23-25-27-29-31-33-35-40-37-38-41(39-40)36-34-32-30-28-26-24-22-20-18-16-14-12-10-8-6-4-2/h37-39H,3-36H2,1-2H3/q+1. The summed E-state index contributed by atoms with van der Waals surface area (Å²) in [5, 5.41) is 0. The molecule has 0 N–H and O–H groups in total. The number of hydrogen-bond acceptors (Lipinski definition) is 0. The Morgan fingerprint density at radius 1 is 0.366 bits per heavy atom. The fraction of sp³-hybridized carbons (Fsp3) is 0.923. The van der Waals surface area contributed by atoms with Crippen molar-refractivity contribution in [3.63, 3.8) is 0 Å². The summed E-state index contributed by atoms with van der Waals surface area (Å²) in [7, 11) is 0. The van der Waals surface area contributed by atoms with E-state index in [1.165, 1.54) is 219 Å². The van der Waals surface area contributed by atoms with Gasteiger partial charge in [-0.3, -0.25) is 0 Å². The predicted molar refractivity (Wildman–Crippen MR) is 184 cm³/mol. The van der Waals surface area contributed by atoms with Gasteiger partial charge in [0.05, 0.1) is 13.1 Å². The Balaban J connectivity index is 1.78. The second kappa shape index (κ2) is 32.1. The van der Waals surface area contributed by atoms with Gasteiger partial charge < -0.3 is 0 Å². The molecule has 0 aliphatic heterocycles. The molecule has 242 valence electrons. The number of imidazole rings is 1. The molecule has 1 heterocycles. The average Bonchev–Trinajstić information content (AvgIpc) is 3.44. The van der Waals surface area contributed by atoms with Crippen LogP contribution in [0.3, 0.4) is 0 Å². The first kappa shape index (κ1) is 38.2. The topological polar surface area (TPSA) is 8.81 Å². The van der Waals surface area contributed by atoms with Crippen molar-refractivity contribution in [3.05, 3.63) is 18.7 Å². The van der Waals surface area contributed by atoms with E-state index in [9.17, 15) is 0 Å². The number of hydrogen-bond donors (Lipinski definition) is 0. The average molecular weight is 574 g/mol. The molecule has 1 rings (SSSR count). The maximum atomic E-state index is 2.41. The van der Waals surface area contributed by atoms with Crippen LogP contribution in [0, 0.1) is 0 Å². The number of aromatic nitrogens is 2. The minimum atomic E-state index is 1.20. The van der Waals surface area contributed by atoms with Crippen molar-refractivity contribution in [1.29, 1.82) is 0 Å². The highest BCUT2D eigenvalue weighted by atomic mass is 15.1. The lowest BCUT2D eigenvalue weighted by Gasteiger charge is -2.03. The van der Waals surface area contributed by atoms with Crippen molar-refractivity contribution in [2.75, 3.05) is 0 Å². The Morgan fingerprint density at radius 3 is 1.00 bits per heavy atom. The van der Waals surface area contributed by atoms with E-state index in [1.807, 2.05) is 0 Å². The molecule has 2 nitrogen and oxygen atoms in total. The molecule has 41 heavy (non-hydrogen) atoms. The van der Waals surface area contributed by atoms with Gasteiger partial charge in [-0.05, 0) is 25.7 Å². The SMILES string of the molecule is CCCCCCCCCCCCCCCCCCn1cc[n+](CCCCCCCCCCCCCCCCCC)c1. The van der Waals surface area contributed by atoms with Gasteiger partial charge in [0.2, 0.25) is 6.33 Å². The minimum Gasteiger partial charge on any atom is -0.237 e. The quantitative estimate of drug-likeness (QED) is 0.0572. The molecular formula is C39H77N2+. The smallest absolute Gasteiger partial charge is 0.237 e. The van der Waals surface area contributed by atoms with Gasteiger partial charge >= 0.3 is 0 Å². The molecule has 1 aromatic heterocycles. The van der Waals surface area contributed by atoms with Crippen molar-refractivity contribution in [2.45, 2.75) is 232 Å². The van der Waals surface area contributed by atoms with Crippen LogP contribution in [0.25, 0.3) is 0 Å². The first-order valence-electron chi connectivity index (χ1n) is 19.4. The highest BCUT2D eigenvalue weighted by Gasteiger charge is 2.04. The van der Waals surface area contributed by atoms with Gasteiger partial charge in [-0.1, -0.05) is 194 Å². The normalized spacial score (nSPS) is 11.6. The van der Waals surface area contributed by atoms with Crippen molar-refractivity contribution in [3.8, 4) is 0 Å². The molecule has 0 unspecified atom stereocenters. The molecule has 0 saturated carbocycles. The van der Waals surface area contributed by atoms with Crippen LogP contribution in [0.2, 0.25) is 0 Å². The fourth-order valence-corrected chi connectivity index (χ4v) is 6.39. The first-order chi connectivity index (χ1) is 20.4. The Bertz CT molecular complexity index is 556. The largest absolute Gasteiger partial charge is 0.243 e. The van der Waals surface area contributed by atoms with Crippen LogP contribution in [0.5, 0.6) is 0 Å². The van der Waals surface area contributed by atoms with Gasteiger partial charge in [0, 0.05) is 0 Å². The monoisotopic (exact) mass is 574 g/mol. The molecule has 0 spiro atoms. The summed E-state index contributed by atoms with van der Waals surface area (Å²) in [6.07, 6.45) is 53.2. The van der Waals surface area contributed by atoms with Gasteiger partial charge in [-0.25, -0.2) is 9.13 Å². The van der Waals surface area contributed by atoms with Crippen LogP contribution in [0.1, 0.15) is 219 Å². The van der Waals surface area contributed by atoms with Crippen LogP contribution >= 0.6 is 0 Å². The molecule has 0 fully saturated rings. The van der Waals surface area contributed by atoms with Crippen molar-refractivity contribution in [1.82, 2.24) is 4.57 Å². The lowest BCUT2D eigenvalue weighted by atomic mass is 10.0. The molecule has 0 atom stereocenters. The van der Waals surface area contributed by atoms with Crippen LogP contribution in [0.15, 0.2) is 18.7 Å². The third kappa shape index (κ3) is 27.8. The van der Waals surface area contributed by atoms with E-state index in [1.54, 1.807) is 0 Å². The summed E-state index contributed by atoms with van der Waals surface area (Å²) in [5.41, 5.74) is 0. The Labute approximate surface area is 259 Å². The van der Waals surface area contributed by atoms with Crippen molar-refractivity contribution < 1.29 is 4.57 Å². The van der Waals surface area contributed by atoms with E-state index in [-0.39, 0.29) is 0 Å². The van der Waals surface area contributed by atoms with E-state index in [4.69, 9.17) is 0 Å². The van der Waals surface area contributed by atoms with E-state index < -0.39 is 0 Å². The Kier molecular flexibility index (Phi) is 30.0. The zero-order valence-electron chi connectivity index (χ0n) is 28.7. The highest BCUT2D eigenvalue weighted by molar-refractivity contribution is 4.66. The molecule has 1 aromatic rings. The lowest BCUT2D eigenvalue weighted by molar-refractivity contribution is -0.696. The van der Waals surface area contributed by atoms with Crippen LogP contribution in [-0.2, 0) is 13.1 Å². The molecule has 0 saturated heterocycles. The highest BCUT2D eigenvalue weighted by Crippen LogP contribution is 2.15. The van der Waals surface area contributed by atoms with Crippen LogP contribution < -0.4 is 4.57 Å². The van der Waals surface area contributed by atoms with Gasteiger partial charge in [-0.2, -0.15) is 0 Å². The molecule has 0 aliphatic carbocycles. The molecule has 0 radical (unpaired) electrons. The Morgan fingerprint density at radius 2 is 0.659 bits per heavy atom. The summed E-state index contributed by atoms with van der Waals surface area (Å²) in [6.45, 7) is 7.01. The van der Waals surface area contributed by atoms with E-state index >= 15 is 0 Å². The zero-order valence-corrected chi connectivity index (χ0v) is 28.7. The molecule has 0 aromatic carbocycles. The second-order valence-corrected chi connectivity index (χ2v) is 13.5. The van der Waals surface area contributed by atoms with Gasteiger partial charge in [-0.15, -0.1) is 0 Å². The summed E-state index contributed by atoms with van der Waals surface area (Å²) in [6, 6.07) is 0. The van der Waals surface area contributed by atoms with Gasteiger partial charge in [0.25, 0.3) is 0 Å². The zero-order chi connectivity index (χ0) is 29.3.